The molecule has 5 aromatic carbocycles. The molecular weight excluding hydrogens is 589 g/mol. The Balaban J connectivity index is 1.44. The average molecular weight is 625 g/mol. The van der Waals surface area contributed by atoms with Gasteiger partial charge >= 0.3 is 0 Å². The molecule has 0 aliphatic carbocycles. The van der Waals surface area contributed by atoms with Crippen molar-refractivity contribution in [1.82, 2.24) is 0 Å². The molecule has 0 atom stereocenters. The fourth-order valence-corrected chi connectivity index (χ4v) is 5.90. The van der Waals surface area contributed by atoms with Crippen molar-refractivity contribution in [2.24, 2.45) is 4.99 Å². The van der Waals surface area contributed by atoms with Gasteiger partial charge in [0.1, 0.15) is 0 Å². The van der Waals surface area contributed by atoms with Crippen molar-refractivity contribution in [3.63, 3.8) is 0 Å². The van der Waals surface area contributed by atoms with Crippen LogP contribution in [-0.4, -0.2) is 12.8 Å². The summed E-state index contributed by atoms with van der Waals surface area (Å²) < 4.78 is 0. The maximum Gasteiger partial charge on any atom is 0.0649 e. The Morgan fingerprint density at radius 3 is 1.83 bits per heavy atom. The summed E-state index contributed by atoms with van der Waals surface area (Å²) in [4.78, 5) is 4.70. The monoisotopic (exact) mass is 624 g/mol. The molecule has 228 valence electrons. The second-order valence-corrected chi connectivity index (χ2v) is 11.9. The third-order valence-electron chi connectivity index (χ3n) is 7.90. The number of nitrogens with one attached hydrogen (secondary N) is 1. The SMILES string of the molecule is C=c1ccccscc/c1=C/Nc1ccc(-c2cc(/C(=C/C(=NC)c3ccccc3)c3ccccc3)cc(-c3ccccc3)c2)cc1. The van der Waals surface area contributed by atoms with Crippen LogP contribution in [0.15, 0.2) is 180 Å². The molecule has 0 amide bonds. The molecule has 0 spiro atoms. The second kappa shape index (κ2) is 15.5. The Labute approximate surface area is 281 Å². The molecular formula is C44H36N2S. The van der Waals surface area contributed by atoms with Gasteiger partial charge in [-0.2, -0.15) is 11.3 Å². The summed E-state index contributed by atoms with van der Waals surface area (Å²) in [6.45, 7) is 4.22. The van der Waals surface area contributed by atoms with Gasteiger partial charge in [0.2, 0.25) is 0 Å². The average Bonchev–Trinajstić information content (AvgIpc) is 3.24. The molecule has 0 fully saturated rings. The van der Waals surface area contributed by atoms with E-state index in [9.17, 15) is 0 Å². The van der Waals surface area contributed by atoms with Crippen molar-refractivity contribution in [3.05, 3.63) is 202 Å². The van der Waals surface area contributed by atoms with Crippen LogP contribution >= 0.6 is 11.3 Å². The van der Waals surface area contributed by atoms with Crippen LogP contribution < -0.4 is 15.8 Å². The van der Waals surface area contributed by atoms with Crippen molar-refractivity contribution in [2.45, 2.75) is 0 Å². The lowest BCUT2D eigenvalue weighted by Crippen LogP contribution is -2.21. The highest BCUT2D eigenvalue weighted by Crippen LogP contribution is 2.34. The molecule has 1 aromatic heterocycles. The van der Waals surface area contributed by atoms with E-state index in [4.69, 9.17) is 4.99 Å². The van der Waals surface area contributed by atoms with Gasteiger partial charge in [0.05, 0.1) is 5.71 Å². The Hall–Kier alpha value is -5.77. The quantitative estimate of drug-likeness (QED) is 0.168. The molecule has 2 nitrogen and oxygen atoms in total. The molecule has 0 aliphatic rings. The molecule has 0 unspecified atom stereocenters. The van der Waals surface area contributed by atoms with E-state index < -0.39 is 0 Å². The number of anilines is 1. The van der Waals surface area contributed by atoms with E-state index in [1.54, 1.807) is 11.3 Å². The van der Waals surface area contributed by atoms with Gasteiger partial charge in [-0.25, -0.2) is 0 Å². The maximum absolute atomic E-state index is 4.70. The molecule has 6 aromatic rings. The summed E-state index contributed by atoms with van der Waals surface area (Å²) in [5.41, 5.74) is 11.0. The van der Waals surface area contributed by atoms with Gasteiger partial charge in [0.25, 0.3) is 0 Å². The zero-order chi connectivity index (χ0) is 32.3. The van der Waals surface area contributed by atoms with Crippen LogP contribution in [0.1, 0.15) is 16.7 Å². The van der Waals surface area contributed by atoms with Gasteiger partial charge < -0.3 is 5.32 Å². The fraction of sp³-hybridized carbons (Fsp3) is 0.0227. The van der Waals surface area contributed by atoms with Crippen molar-refractivity contribution in [1.29, 1.82) is 0 Å². The molecule has 6 rings (SSSR count). The van der Waals surface area contributed by atoms with Crippen LogP contribution in [0, 0.1) is 0 Å². The first kappa shape index (κ1) is 31.2. The highest BCUT2D eigenvalue weighted by atomic mass is 32.1. The standard InChI is InChI=1S/C44H36N2S/c1-33-14-12-13-26-47-27-25-38(33)32-46-42-23-21-35(22-24-42)40-28-39(34-15-6-3-7-16-34)29-41(30-40)43(36-17-8-4-9-18-36)31-44(45-2)37-19-10-5-11-20-37/h3-32,46H,1H2,2H3/b14-12?,26-13?,27-25?,38-32-,43-31+,45-44?. The lowest BCUT2D eigenvalue weighted by atomic mass is 9.89. The van der Waals surface area contributed by atoms with Crippen LogP contribution in [-0.2, 0) is 0 Å². The van der Waals surface area contributed by atoms with Crippen molar-refractivity contribution in [2.75, 3.05) is 12.4 Å². The Morgan fingerprint density at radius 2 is 1.17 bits per heavy atom. The summed E-state index contributed by atoms with van der Waals surface area (Å²) in [5.74, 6) is 0. The van der Waals surface area contributed by atoms with Gasteiger partial charge in [-0.05, 0) is 108 Å². The van der Waals surface area contributed by atoms with Gasteiger partial charge in [-0.15, -0.1) is 0 Å². The molecule has 47 heavy (non-hydrogen) atoms. The first-order valence-corrected chi connectivity index (χ1v) is 16.5. The Bertz CT molecular complexity index is 2160. The molecule has 1 N–H and O–H groups in total. The number of hydrogen-bond donors (Lipinski definition) is 1. The second-order valence-electron chi connectivity index (χ2n) is 11.0. The van der Waals surface area contributed by atoms with Gasteiger partial charge in [-0.3, -0.25) is 4.99 Å². The lowest BCUT2D eigenvalue weighted by Gasteiger charge is -2.15. The fourth-order valence-electron chi connectivity index (χ4n) is 5.41. The van der Waals surface area contributed by atoms with Crippen LogP contribution in [0.25, 0.3) is 40.6 Å². The van der Waals surface area contributed by atoms with E-state index in [-0.39, 0.29) is 0 Å². The predicted octanol–water partition coefficient (Wildman–Crippen LogP) is 10.0. The maximum atomic E-state index is 4.70. The first-order chi connectivity index (χ1) is 23.2. The molecule has 0 bridgehead atoms. The lowest BCUT2D eigenvalue weighted by molar-refractivity contribution is 1.43. The molecule has 0 radical (unpaired) electrons. The minimum absolute atomic E-state index is 0.934. The molecule has 0 saturated heterocycles. The minimum atomic E-state index is 0.934. The number of aliphatic imine (C=N–C) groups is 1. The summed E-state index contributed by atoms with van der Waals surface area (Å²) >= 11 is 1.64. The topological polar surface area (TPSA) is 24.4 Å². The normalized spacial score (nSPS) is 12.0. The van der Waals surface area contributed by atoms with E-state index in [1.807, 2.05) is 42.9 Å². The summed E-state index contributed by atoms with van der Waals surface area (Å²) in [6.07, 6.45) is 4.22. The molecule has 0 saturated carbocycles. The predicted molar refractivity (Wildman–Crippen MR) is 205 cm³/mol. The van der Waals surface area contributed by atoms with Crippen LogP contribution in [0.3, 0.4) is 0 Å². The van der Waals surface area contributed by atoms with E-state index in [1.165, 1.54) is 5.56 Å². The van der Waals surface area contributed by atoms with Gasteiger partial charge in [-0.1, -0.05) is 128 Å². The number of nitrogens with zero attached hydrogens (tertiary/aromatic N) is 1. The van der Waals surface area contributed by atoms with Crippen molar-refractivity contribution in [3.8, 4) is 22.3 Å². The highest BCUT2D eigenvalue weighted by molar-refractivity contribution is 7.07. The molecule has 0 aliphatic heterocycles. The summed E-state index contributed by atoms with van der Waals surface area (Å²) in [7, 11) is 1.86. The number of benzene rings is 5. The number of allylic oxidation sites excluding steroid dienone is 1. The Kier molecular flexibility index (Phi) is 10.3. The van der Waals surface area contributed by atoms with Gasteiger partial charge in [0.15, 0.2) is 0 Å². The van der Waals surface area contributed by atoms with Crippen molar-refractivity contribution < 1.29 is 0 Å². The van der Waals surface area contributed by atoms with E-state index >= 15 is 0 Å². The summed E-state index contributed by atoms with van der Waals surface area (Å²) in [6, 6.07) is 55.1. The summed E-state index contributed by atoms with van der Waals surface area (Å²) in [5, 5.41) is 9.56. The Morgan fingerprint density at radius 1 is 0.574 bits per heavy atom. The van der Waals surface area contributed by atoms with E-state index in [2.05, 4.69) is 157 Å². The van der Waals surface area contributed by atoms with Crippen LogP contribution in [0.5, 0.6) is 0 Å². The van der Waals surface area contributed by atoms with Crippen molar-refractivity contribution >= 4 is 41.1 Å². The third kappa shape index (κ3) is 8.09. The molecule has 3 heteroatoms. The van der Waals surface area contributed by atoms with Crippen LogP contribution in [0.4, 0.5) is 5.69 Å². The smallest absolute Gasteiger partial charge is 0.0649 e. The van der Waals surface area contributed by atoms with E-state index in [0.29, 0.717) is 0 Å². The first-order valence-electron chi connectivity index (χ1n) is 15.6. The highest BCUT2D eigenvalue weighted by Gasteiger charge is 2.13. The van der Waals surface area contributed by atoms with E-state index in [0.717, 1.165) is 60.8 Å². The minimum Gasteiger partial charge on any atom is -0.361 e. The molecule has 1 heterocycles. The largest absolute Gasteiger partial charge is 0.361 e. The third-order valence-corrected chi connectivity index (χ3v) is 8.51. The number of rotatable bonds is 8. The van der Waals surface area contributed by atoms with Gasteiger partial charge in [0, 0.05) is 18.9 Å². The zero-order valence-electron chi connectivity index (χ0n) is 26.4. The number of hydrogen-bond acceptors (Lipinski definition) is 3. The van der Waals surface area contributed by atoms with Crippen LogP contribution in [0.2, 0.25) is 0 Å². The zero-order valence-corrected chi connectivity index (χ0v) is 27.2.